The molecule has 0 saturated heterocycles. The van der Waals surface area contributed by atoms with Gasteiger partial charge in [-0.1, -0.05) is 13.8 Å². The van der Waals surface area contributed by atoms with Gasteiger partial charge in [0.05, 0.1) is 11.2 Å². The van der Waals surface area contributed by atoms with Crippen LogP contribution in [0, 0.1) is 12.8 Å². The summed E-state index contributed by atoms with van der Waals surface area (Å²) in [4.78, 5) is 3.95. The third kappa shape index (κ3) is 3.25. The molecule has 0 aliphatic carbocycles. The van der Waals surface area contributed by atoms with Crippen molar-refractivity contribution in [3.05, 3.63) is 11.2 Å². The summed E-state index contributed by atoms with van der Waals surface area (Å²) in [5, 5.41) is 0.726. The van der Waals surface area contributed by atoms with E-state index in [1.807, 2.05) is 20.8 Å². The van der Waals surface area contributed by atoms with Gasteiger partial charge in [0.1, 0.15) is 0 Å². The summed E-state index contributed by atoms with van der Waals surface area (Å²) in [6.45, 7) is 7.71. The quantitative estimate of drug-likeness (QED) is 0.844. The van der Waals surface area contributed by atoms with Crippen LogP contribution in [0.2, 0.25) is 0 Å². The molecule has 0 radical (unpaired) electrons. The summed E-state index contributed by atoms with van der Waals surface area (Å²) in [7, 11) is -3.53. The van der Waals surface area contributed by atoms with Gasteiger partial charge in [0.15, 0.2) is 4.21 Å². The molecule has 1 rings (SSSR count). The maximum absolute atomic E-state index is 12.1. The summed E-state index contributed by atoms with van der Waals surface area (Å²) in [6.07, 6.45) is 1.37. The predicted octanol–water partition coefficient (Wildman–Crippen LogP) is 1.10. The Hall–Kier alpha value is -0.500. The molecule has 0 amide bonds. The van der Waals surface area contributed by atoms with Crippen molar-refractivity contribution in [2.75, 3.05) is 6.54 Å². The molecule has 1 unspecified atom stereocenters. The van der Waals surface area contributed by atoms with Crippen LogP contribution in [0.15, 0.2) is 10.4 Å². The number of aryl methyl sites for hydroxylation is 1. The summed E-state index contributed by atoms with van der Waals surface area (Å²) in [6, 6.07) is 0. The fourth-order valence-electron chi connectivity index (χ4n) is 1.22. The maximum atomic E-state index is 12.1. The molecule has 0 bridgehead atoms. The summed E-state index contributed by atoms with van der Waals surface area (Å²) < 4.78 is 27.2. The van der Waals surface area contributed by atoms with Gasteiger partial charge >= 0.3 is 0 Å². The lowest BCUT2D eigenvalue weighted by atomic mass is 9.90. The Kier molecular flexibility index (Phi) is 4.29. The lowest BCUT2D eigenvalue weighted by molar-refractivity contribution is 0.315. The Balaban J connectivity index is 3.01. The van der Waals surface area contributed by atoms with Gasteiger partial charge in [-0.2, -0.15) is 0 Å². The van der Waals surface area contributed by atoms with Crippen LogP contribution in [0.1, 0.15) is 25.8 Å². The van der Waals surface area contributed by atoms with Gasteiger partial charge in [-0.3, -0.25) is 0 Å². The van der Waals surface area contributed by atoms with Crippen LogP contribution >= 0.6 is 11.3 Å². The molecule has 0 saturated carbocycles. The monoisotopic (exact) mass is 277 g/mol. The molecule has 3 N–H and O–H groups in total. The van der Waals surface area contributed by atoms with Crippen molar-refractivity contribution < 1.29 is 8.42 Å². The number of hydrogen-bond acceptors (Lipinski definition) is 5. The van der Waals surface area contributed by atoms with Gasteiger partial charge < -0.3 is 5.73 Å². The Labute approximate surface area is 106 Å². The second kappa shape index (κ2) is 5.01. The van der Waals surface area contributed by atoms with Crippen molar-refractivity contribution in [3.63, 3.8) is 0 Å². The first-order valence-electron chi connectivity index (χ1n) is 5.38. The average molecular weight is 277 g/mol. The molecular formula is C10H19N3O2S2. The zero-order chi connectivity index (χ0) is 13.3. The lowest BCUT2D eigenvalue weighted by Gasteiger charge is -2.32. The van der Waals surface area contributed by atoms with Crippen molar-refractivity contribution in [1.29, 1.82) is 0 Å². The van der Waals surface area contributed by atoms with Crippen molar-refractivity contribution >= 4 is 21.4 Å². The highest BCUT2D eigenvalue weighted by Gasteiger charge is 2.33. The molecule has 0 fully saturated rings. The average Bonchev–Trinajstić information content (AvgIpc) is 2.64. The molecule has 1 atom stereocenters. The smallest absolute Gasteiger partial charge is 0.252 e. The lowest BCUT2D eigenvalue weighted by Crippen LogP contribution is -2.54. The number of sulfonamides is 1. The summed E-state index contributed by atoms with van der Waals surface area (Å²) >= 11 is 1.16. The minimum atomic E-state index is -3.53. The van der Waals surface area contributed by atoms with Gasteiger partial charge in [-0.15, -0.1) is 11.3 Å². The third-order valence-electron chi connectivity index (χ3n) is 2.93. The van der Waals surface area contributed by atoms with Crippen LogP contribution < -0.4 is 10.5 Å². The summed E-state index contributed by atoms with van der Waals surface area (Å²) in [5.41, 5.74) is 5.02. The van der Waals surface area contributed by atoms with Crippen LogP contribution in [-0.2, 0) is 10.0 Å². The van der Waals surface area contributed by atoms with Crippen LogP contribution in [0.25, 0.3) is 0 Å². The molecule has 98 valence electrons. The molecule has 1 aromatic rings. The molecule has 5 nitrogen and oxygen atoms in total. The van der Waals surface area contributed by atoms with E-state index in [4.69, 9.17) is 5.73 Å². The number of hydrogen-bond donors (Lipinski definition) is 2. The fraction of sp³-hybridized carbons (Fsp3) is 0.700. The number of nitrogens with two attached hydrogens (primary N) is 1. The Morgan fingerprint density at radius 3 is 2.53 bits per heavy atom. The van der Waals surface area contributed by atoms with Crippen molar-refractivity contribution in [1.82, 2.24) is 9.71 Å². The van der Waals surface area contributed by atoms with Crippen molar-refractivity contribution in [3.8, 4) is 0 Å². The Morgan fingerprint density at radius 2 is 2.18 bits per heavy atom. The zero-order valence-electron chi connectivity index (χ0n) is 10.5. The Morgan fingerprint density at radius 1 is 1.59 bits per heavy atom. The largest absolute Gasteiger partial charge is 0.329 e. The SMILES string of the molecule is Cc1ncc(S(=O)(=O)NC(C)(CN)C(C)C)s1. The number of thiazole rings is 1. The van der Waals surface area contributed by atoms with Crippen molar-refractivity contribution in [2.24, 2.45) is 11.7 Å². The topological polar surface area (TPSA) is 85.1 Å². The molecule has 1 aromatic heterocycles. The molecular weight excluding hydrogens is 258 g/mol. The van der Waals surface area contributed by atoms with E-state index in [1.54, 1.807) is 6.92 Å². The van der Waals surface area contributed by atoms with Gasteiger partial charge in [0.2, 0.25) is 0 Å². The normalized spacial score (nSPS) is 16.1. The predicted molar refractivity (Wildman–Crippen MR) is 69.5 cm³/mol. The van der Waals surface area contributed by atoms with E-state index in [9.17, 15) is 8.42 Å². The first kappa shape index (κ1) is 14.6. The number of aromatic nitrogens is 1. The minimum absolute atomic E-state index is 0.108. The first-order valence-corrected chi connectivity index (χ1v) is 7.68. The third-order valence-corrected chi connectivity index (χ3v) is 5.92. The van der Waals surface area contributed by atoms with Gasteiger partial charge in [-0.25, -0.2) is 18.1 Å². The van der Waals surface area contributed by atoms with Crippen LogP contribution in [0.3, 0.4) is 0 Å². The van der Waals surface area contributed by atoms with Gasteiger partial charge in [0.25, 0.3) is 10.0 Å². The minimum Gasteiger partial charge on any atom is -0.329 e. The molecule has 0 aliphatic heterocycles. The van der Waals surface area contributed by atoms with E-state index in [0.717, 1.165) is 16.3 Å². The zero-order valence-corrected chi connectivity index (χ0v) is 12.2. The number of nitrogens with one attached hydrogen (secondary N) is 1. The molecule has 17 heavy (non-hydrogen) atoms. The van der Waals surface area contributed by atoms with Crippen LogP contribution in [0.4, 0.5) is 0 Å². The standard InChI is InChI=1S/C10H19N3O2S2/c1-7(2)10(4,6-11)13-17(14,15)9-5-12-8(3)16-9/h5,7,13H,6,11H2,1-4H3. The van der Waals surface area contributed by atoms with E-state index in [1.165, 1.54) is 6.20 Å². The fourth-order valence-corrected chi connectivity index (χ4v) is 3.87. The number of rotatable bonds is 5. The van der Waals surface area contributed by atoms with E-state index in [-0.39, 0.29) is 16.7 Å². The van der Waals surface area contributed by atoms with E-state index < -0.39 is 15.6 Å². The van der Waals surface area contributed by atoms with Gasteiger partial charge in [0, 0.05) is 12.1 Å². The highest BCUT2D eigenvalue weighted by Crippen LogP contribution is 2.22. The highest BCUT2D eigenvalue weighted by atomic mass is 32.2. The van der Waals surface area contributed by atoms with Crippen LogP contribution in [-0.4, -0.2) is 25.5 Å². The van der Waals surface area contributed by atoms with Crippen molar-refractivity contribution in [2.45, 2.75) is 37.4 Å². The summed E-state index contributed by atoms with van der Waals surface area (Å²) in [5.74, 6) is 0.108. The molecule has 0 spiro atoms. The van der Waals surface area contributed by atoms with Gasteiger partial charge in [-0.05, 0) is 19.8 Å². The van der Waals surface area contributed by atoms with E-state index >= 15 is 0 Å². The second-order valence-corrected chi connectivity index (χ2v) is 7.72. The second-order valence-electron chi connectivity index (χ2n) is 4.58. The van der Waals surface area contributed by atoms with Crippen LogP contribution in [0.5, 0.6) is 0 Å². The Bertz CT molecular complexity index is 481. The molecule has 0 aromatic carbocycles. The number of nitrogens with zero attached hydrogens (tertiary/aromatic N) is 1. The maximum Gasteiger partial charge on any atom is 0.252 e. The van der Waals surface area contributed by atoms with E-state index in [0.29, 0.717) is 0 Å². The molecule has 1 heterocycles. The molecule has 0 aliphatic rings. The van der Waals surface area contributed by atoms with E-state index in [2.05, 4.69) is 9.71 Å². The first-order chi connectivity index (χ1) is 7.71. The highest BCUT2D eigenvalue weighted by molar-refractivity contribution is 7.91. The molecule has 7 heteroatoms.